The number of halogens is 5. The van der Waals surface area contributed by atoms with Crippen LogP contribution in [0.15, 0.2) is 0 Å². The first-order valence-electron chi connectivity index (χ1n) is 5.71. The minimum atomic E-state index is -2.26. The number of hydrogen-bond acceptors (Lipinski definition) is 3. The van der Waals surface area contributed by atoms with E-state index in [1.54, 1.807) is 0 Å². The first-order valence-corrected chi connectivity index (χ1v) is 5.71. The molecular weight excluding hydrogens is 285 g/mol. The lowest BCUT2D eigenvalue weighted by Gasteiger charge is -2.25. The van der Waals surface area contributed by atoms with Crippen LogP contribution in [0.3, 0.4) is 0 Å². The Morgan fingerprint density at radius 3 is 1.85 bits per heavy atom. The molecule has 0 saturated heterocycles. The van der Waals surface area contributed by atoms with Crippen LogP contribution in [0.2, 0.25) is 0 Å². The third-order valence-electron chi connectivity index (χ3n) is 2.66. The number of hydrogen-bond donors (Lipinski definition) is 2. The molecule has 20 heavy (non-hydrogen) atoms. The van der Waals surface area contributed by atoms with Gasteiger partial charge in [0.2, 0.25) is 29.1 Å². The summed E-state index contributed by atoms with van der Waals surface area (Å²) in [5, 5.41) is 9.66. The second kappa shape index (κ2) is 5.92. The van der Waals surface area contributed by atoms with Crippen molar-refractivity contribution in [2.45, 2.75) is 32.0 Å². The quantitative estimate of drug-likeness (QED) is 0.498. The lowest BCUT2D eigenvalue weighted by molar-refractivity contribution is 0.0212. The Balaban J connectivity index is 3.05. The van der Waals surface area contributed by atoms with Gasteiger partial charge in [-0.25, -0.2) is 13.2 Å². The maximum absolute atomic E-state index is 13.3. The highest BCUT2D eigenvalue weighted by atomic mass is 19.2. The van der Waals surface area contributed by atoms with Gasteiger partial charge in [-0.1, -0.05) is 0 Å². The van der Waals surface area contributed by atoms with Crippen molar-refractivity contribution >= 4 is 0 Å². The molecule has 0 aliphatic rings. The summed E-state index contributed by atoms with van der Waals surface area (Å²) in [4.78, 5) is 0. The molecule has 0 aromatic heterocycles. The van der Waals surface area contributed by atoms with E-state index in [-0.39, 0.29) is 13.0 Å². The van der Waals surface area contributed by atoms with Crippen molar-refractivity contribution in [1.29, 1.82) is 0 Å². The van der Waals surface area contributed by atoms with Crippen molar-refractivity contribution in [2.24, 2.45) is 5.73 Å². The van der Waals surface area contributed by atoms with E-state index in [2.05, 4.69) is 0 Å². The van der Waals surface area contributed by atoms with Gasteiger partial charge < -0.3 is 15.6 Å². The Hall–Kier alpha value is -1.41. The second-order valence-electron chi connectivity index (χ2n) is 4.73. The minimum Gasteiger partial charge on any atom is -0.484 e. The lowest BCUT2D eigenvalue weighted by Crippen LogP contribution is -2.38. The van der Waals surface area contributed by atoms with Crippen LogP contribution in [0.25, 0.3) is 0 Å². The van der Waals surface area contributed by atoms with Crippen molar-refractivity contribution in [3.63, 3.8) is 0 Å². The molecule has 114 valence electrons. The van der Waals surface area contributed by atoms with Crippen LogP contribution in [0.1, 0.15) is 20.3 Å². The van der Waals surface area contributed by atoms with E-state index in [4.69, 9.17) is 10.5 Å². The molecule has 0 saturated carbocycles. The van der Waals surface area contributed by atoms with Crippen molar-refractivity contribution in [3.8, 4) is 5.75 Å². The molecule has 8 heteroatoms. The lowest BCUT2D eigenvalue weighted by atomic mass is 9.99. The third kappa shape index (κ3) is 3.37. The van der Waals surface area contributed by atoms with Gasteiger partial charge in [0.1, 0.15) is 0 Å². The SMILES string of the molecule is CC(CC(C)(O)CN)Oc1c(F)c(F)c(F)c(F)c1F. The van der Waals surface area contributed by atoms with Gasteiger partial charge in [-0.3, -0.25) is 0 Å². The minimum absolute atomic E-state index is 0.150. The van der Waals surface area contributed by atoms with Crippen LogP contribution in [0, 0.1) is 29.1 Å². The van der Waals surface area contributed by atoms with Gasteiger partial charge in [0.25, 0.3) is 0 Å². The zero-order chi connectivity index (χ0) is 15.7. The van der Waals surface area contributed by atoms with Crippen molar-refractivity contribution in [3.05, 3.63) is 29.1 Å². The van der Waals surface area contributed by atoms with Crippen LogP contribution in [-0.4, -0.2) is 23.4 Å². The van der Waals surface area contributed by atoms with E-state index in [1.807, 2.05) is 0 Å². The topological polar surface area (TPSA) is 55.5 Å². The maximum atomic E-state index is 13.3. The molecule has 0 bridgehead atoms. The Labute approximate surface area is 112 Å². The highest BCUT2D eigenvalue weighted by Crippen LogP contribution is 2.30. The molecule has 0 heterocycles. The number of rotatable bonds is 5. The summed E-state index contributed by atoms with van der Waals surface area (Å²) < 4.78 is 70.1. The van der Waals surface area contributed by atoms with Crippen LogP contribution < -0.4 is 10.5 Å². The molecule has 0 aliphatic heterocycles. The first-order chi connectivity index (χ1) is 9.10. The van der Waals surface area contributed by atoms with Crippen molar-refractivity contribution in [2.75, 3.05) is 6.54 Å². The van der Waals surface area contributed by atoms with Crippen molar-refractivity contribution in [1.82, 2.24) is 0 Å². The molecule has 2 atom stereocenters. The number of nitrogens with two attached hydrogens (primary N) is 1. The molecule has 0 fully saturated rings. The number of ether oxygens (including phenoxy) is 1. The van der Waals surface area contributed by atoms with Gasteiger partial charge in [0.05, 0.1) is 11.7 Å². The number of aliphatic hydroxyl groups is 1. The first kappa shape index (κ1) is 16.6. The van der Waals surface area contributed by atoms with Gasteiger partial charge in [-0.15, -0.1) is 0 Å². The van der Waals surface area contributed by atoms with Crippen molar-refractivity contribution < 1.29 is 31.8 Å². The highest BCUT2D eigenvalue weighted by molar-refractivity contribution is 5.30. The average molecular weight is 299 g/mol. The molecule has 3 nitrogen and oxygen atoms in total. The molecule has 0 spiro atoms. The van der Waals surface area contributed by atoms with Gasteiger partial charge >= 0.3 is 0 Å². The molecule has 2 unspecified atom stereocenters. The molecule has 1 aromatic rings. The van der Waals surface area contributed by atoms with Crippen LogP contribution in [0.4, 0.5) is 22.0 Å². The molecule has 0 aliphatic carbocycles. The largest absolute Gasteiger partial charge is 0.484 e. The monoisotopic (exact) mass is 299 g/mol. The molecule has 0 radical (unpaired) electrons. The summed E-state index contributed by atoms with van der Waals surface area (Å²) in [6.45, 7) is 2.51. The Morgan fingerprint density at radius 1 is 1.05 bits per heavy atom. The summed E-state index contributed by atoms with van der Waals surface area (Å²) in [5.41, 5.74) is 3.87. The highest BCUT2D eigenvalue weighted by Gasteiger charge is 2.29. The molecule has 3 N–H and O–H groups in total. The van der Waals surface area contributed by atoms with Gasteiger partial charge in [0.15, 0.2) is 5.75 Å². The van der Waals surface area contributed by atoms with Crippen LogP contribution in [0.5, 0.6) is 5.75 Å². The normalized spacial score (nSPS) is 15.8. The van der Waals surface area contributed by atoms with E-state index in [0.717, 1.165) is 0 Å². The van der Waals surface area contributed by atoms with Crippen LogP contribution >= 0.6 is 0 Å². The zero-order valence-electron chi connectivity index (χ0n) is 10.8. The Bertz CT molecular complexity index is 478. The van der Waals surface area contributed by atoms with E-state index < -0.39 is 46.5 Å². The fourth-order valence-corrected chi connectivity index (χ4v) is 1.63. The molecular formula is C12H14F5NO2. The smallest absolute Gasteiger partial charge is 0.206 e. The maximum Gasteiger partial charge on any atom is 0.206 e. The van der Waals surface area contributed by atoms with E-state index >= 15 is 0 Å². The number of benzene rings is 1. The second-order valence-corrected chi connectivity index (χ2v) is 4.73. The Kier molecular flexibility index (Phi) is 4.93. The summed E-state index contributed by atoms with van der Waals surface area (Å²) in [6, 6.07) is 0. The molecule has 0 amide bonds. The Morgan fingerprint density at radius 2 is 1.45 bits per heavy atom. The average Bonchev–Trinajstić information content (AvgIpc) is 2.38. The fourth-order valence-electron chi connectivity index (χ4n) is 1.63. The summed E-state index contributed by atoms with van der Waals surface area (Å²) in [6.07, 6.45) is -1.16. The van der Waals surface area contributed by atoms with Gasteiger partial charge in [-0.05, 0) is 13.8 Å². The van der Waals surface area contributed by atoms with Gasteiger partial charge in [0, 0.05) is 13.0 Å². The van der Waals surface area contributed by atoms with Gasteiger partial charge in [-0.2, -0.15) is 8.78 Å². The summed E-state index contributed by atoms with van der Waals surface area (Å²) in [5.74, 6) is -11.9. The summed E-state index contributed by atoms with van der Waals surface area (Å²) in [7, 11) is 0. The molecule has 1 aromatic carbocycles. The van der Waals surface area contributed by atoms with E-state index in [1.165, 1.54) is 13.8 Å². The predicted molar refractivity (Wildman–Crippen MR) is 60.6 cm³/mol. The fraction of sp³-hybridized carbons (Fsp3) is 0.500. The summed E-state index contributed by atoms with van der Waals surface area (Å²) >= 11 is 0. The predicted octanol–water partition coefficient (Wildman–Crippen LogP) is 2.25. The van der Waals surface area contributed by atoms with E-state index in [9.17, 15) is 27.1 Å². The third-order valence-corrected chi connectivity index (χ3v) is 2.66. The molecule has 1 rings (SSSR count). The van der Waals surface area contributed by atoms with E-state index in [0.29, 0.717) is 0 Å². The van der Waals surface area contributed by atoms with Crippen LogP contribution in [-0.2, 0) is 0 Å². The standard InChI is InChI=1S/C12H14F5NO2/c1-5(3-12(2,19)4-18)20-11-9(16)7(14)6(13)8(15)10(11)17/h5,19H,3-4,18H2,1-2H3. The zero-order valence-corrected chi connectivity index (χ0v) is 10.8.